The van der Waals surface area contributed by atoms with Gasteiger partial charge in [-0.2, -0.15) is 5.10 Å². The molecular formula is C12H10Br2N4OS. The zero-order valence-corrected chi connectivity index (χ0v) is 14.3. The third kappa shape index (κ3) is 3.25. The van der Waals surface area contributed by atoms with Crippen LogP contribution in [0.5, 0.6) is 0 Å². The number of rotatable bonds is 3. The maximum Gasteiger partial charge on any atom is 0.256 e. The van der Waals surface area contributed by atoms with Crippen LogP contribution in [0.3, 0.4) is 0 Å². The molecule has 2 rings (SSSR count). The Bertz CT molecular complexity index is 679. The highest BCUT2D eigenvalue weighted by Crippen LogP contribution is 2.21. The van der Waals surface area contributed by atoms with Gasteiger partial charge in [0.2, 0.25) is 0 Å². The third-order valence-electron chi connectivity index (χ3n) is 2.56. The van der Waals surface area contributed by atoms with E-state index in [2.05, 4.69) is 42.3 Å². The summed E-state index contributed by atoms with van der Waals surface area (Å²) in [4.78, 5) is 12.4. The van der Waals surface area contributed by atoms with Gasteiger partial charge in [0.1, 0.15) is 10.8 Å². The van der Waals surface area contributed by atoms with Crippen molar-refractivity contribution in [2.45, 2.75) is 0 Å². The van der Waals surface area contributed by atoms with Crippen molar-refractivity contribution in [3.8, 4) is 0 Å². The molecule has 1 aromatic carbocycles. The largest absolute Gasteiger partial charge is 0.389 e. The van der Waals surface area contributed by atoms with E-state index in [9.17, 15) is 4.79 Å². The highest BCUT2D eigenvalue weighted by Gasteiger charge is 2.15. The second kappa shape index (κ2) is 6.02. The molecule has 0 aliphatic carbocycles. The number of amides is 1. The lowest BCUT2D eigenvalue weighted by molar-refractivity contribution is 0.102. The van der Waals surface area contributed by atoms with E-state index in [1.807, 2.05) is 6.07 Å². The standard InChI is InChI=1S/C12H10Br2N4OS/c1-18-11(9(5-16-18)10(15)20)17-12(19)6-2-7(13)4-8(14)3-6/h2-5H,1H3,(H2,15,20)(H,17,19). The minimum atomic E-state index is -0.270. The number of aryl methyl sites for hydroxylation is 1. The van der Waals surface area contributed by atoms with Crippen LogP contribution in [0, 0.1) is 0 Å². The van der Waals surface area contributed by atoms with Crippen LogP contribution in [0.4, 0.5) is 5.82 Å². The number of carbonyl (C=O) groups is 1. The molecule has 2 aromatic rings. The fraction of sp³-hybridized carbons (Fsp3) is 0.0833. The SMILES string of the molecule is Cn1ncc(C(N)=S)c1NC(=O)c1cc(Br)cc(Br)c1. The number of anilines is 1. The molecule has 0 radical (unpaired) electrons. The normalized spacial score (nSPS) is 10.3. The minimum absolute atomic E-state index is 0.184. The number of thiocarbonyl (C=S) groups is 1. The highest BCUT2D eigenvalue weighted by molar-refractivity contribution is 9.11. The van der Waals surface area contributed by atoms with Gasteiger partial charge < -0.3 is 11.1 Å². The van der Waals surface area contributed by atoms with Crippen LogP contribution >= 0.6 is 44.1 Å². The van der Waals surface area contributed by atoms with Gasteiger partial charge in [-0.05, 0) is 18.2 Å². The summed E-state index contributed by atoms with van der Waals surface area (Å²) in [6, 6.07) is 5.29. The second-order valence-electron chi connectivity index (χ2n) is 4.01. The van der Waals surface area contributed by atoms with E-state index in [0.717, 1.165) is 8.95 Å². The maximum atomic E-state index is 12.3. The summed E-state index contributed by atoms with van der Waals surface area (Å²) in [5.74, 6) is 0.201. The molecule has 5 nitrogen and oxygen atoms in total. The van der Waals surface area contributed by atoms with Gasteiger partial charge in [-0.1, -0.05) is 44.1 Å². The Kier molecular flexibility index (Phi) is 4.56. The van der Waals surface area contributed by atoms with E-state index in [1.165, 1.54) is 10.9 Å². The van der Waals surface area contributed by atoms with Crippen molar-refractivity contribution in [2.24, 2.45) is 12.8 Å². The van der Waals surface area contributed by atoms with Crippen molar-refractivity contribution in [3.63, 3.8) is 0 Å². The van der Waals surface area contributed by atoms with Crippen LogP contribution in [-0.2, 0) is 7.05 Å². The molecule has 0 aliphatic heterocycles. The smallest absolute Gasteiger partial charge is 0.256 e. The van der Waals surface area contributed by atoms with E-state index in [4.69, 9.17) is 18.0 Å². The van der Waals surface area contributed by atoms with E-state index < -0.39 is 0 Å². The van der Waals surface area contributed by atoms with Crippen molar-refractivity contribution >= 4 is 60.8 Å². The molecule has 20 heavy (non-hydrogen) atoms. The number of carbonyl (C=O) groups excluding carboxylic acids is 1. The Morgan fingerprint density at radius 3 is 2.50 bits per heavy atom. The molecule has 0 aliphatic rings. The van der Waals surface area contributed by atoms with Gasteiger partial charge in [-0.25, -0.2) is 0 Å². The summed E-state index contributed by atoms with van der Waals surface area (Å²) in [5.41, 5.74) is 6.64. The molecule has 8 heteroatoms. The van der Waals surface area contributed by atoms with E-state index in [0.29, 0.717) is 16.9 Å². The van der Waals surface area contributed by atoms with Crippen LogP contribution in [0.25, 0.3) is 0 Å². The molecule has 1 heterocycles. The molecule has 0 bridgehead atoms. The van der Waals surface area contributed by atoms with Crippen molar-refractivity contribution in [3.05, 3.63) is 44.5 Å². The maximum absolute atomic E-state index is 12.3. The van der Waals surface area contributed by atoms with Gasteiger partial charge in [0, 0.05) is 21.6 Å². The number of nitrogens with one attached hydrogen (secondary N) is 1. The van der Waals surface area contributed by atoms with Gasteiger partial charge in [0.25, 0.3) is 5.91 Å². The lowest BCUT2D eigenvalue weighted by Gasteiger charge is -2.08. The van der Waals surface area contributed by atoms with E-state index >= 15 is 0 Å². The molecule has 0 spiro atoms. The number of hydrogen-bond acceptors (Lipinski definition) is 3. The van der Waals surface area contributed by atoms with Crippen molar-refractivity contribution in [2.75, 3.05) is 5.32 Å². The second-order valence-corrected chi connectivity index (χ2v) is 6.28. The van der Waals surface area contributed by atoms with Crippen molar-refractivity contribution in [1.29, 1.82) is 0 Å². The summed E-state index contributed by atoms with van der Waals surface area (Å²) < 4.78 is 3.12. The van der Waals surface area contributed by atoms with Crippen molar-refractivity contribution in [1.82, 2.24) is 9.78 Å². The zero-order chi connectivity index (χ0) is 14.9. The average Bonchev–Trinajstić information content (AvgIpc) is 2.70. The number of nitrogens with two attached hydrogens (primary N) is 1. The van der Waals surface area contributed by atoms with Crippen molar-refractivity contribution < 1.29 is 4.79 Å². The first-order valence-electron chi connectivity index (χ1n) is 5.47. The first-order valence-corrected chi connectivity index (χ1v) is 7.47. The number of aromatic nitrogens is 2. The molecule has 0 saturated heterocycles. The van der Waals surface area contributed by atoms with E-state index in [1.54, 1.807) is 19.2 Å². The quantitative estimate of drug-likeness (QED) is 0.753. The predicted molar refractivity (Wildman–Crippen MR) is 88.9 cm³/mol. The molecular weight excluding hydrogens is 408 g/mol. The summed E-state index contributed by atoms with van der Waals surface area (Å²) in [6.45, 7) is 0. The molecule has 1 amide bonds. The first-order chi connectivity index (χ1) is 9.38. The topological polar surface area (TPSA) is 72.9 Å². The molecule has 0 fully saturated rings. The number of hydrogen-bond donors (Lipinski definition) is 2. The fourth-order valence-electron chi connectivity index (χ4n) is 1.63. The van der Waals surface area contributed by atoms with Crippen LogP contribution in [0.15, 0.2) is 33.3 Å². The van der Waals surface area contributed by atoms with Crippen LogP contribution in [0.1, 0.15) is 15.9 Å². The molecule has 104 valence electrons. The van der Waals surface area contributed by atoms with Crippen LogP contribution in [-0.4, -0.2) is 20.7 Å². The van der Waals surface area contributed by atoms with E-state index in [-0.39, 0.29) is 10.9 Å². The molecule has 0 atom stereocenters. The van der Waals surface area contributed by atoms with Gasteiger partial charge in [0.05, 0.1) is 11.8 Å². The zero-order valence-electron chi connectivity index (χ0n) is 10.4. The van der Waals surface area contributed by atoms with Gasteiger partial charge in [0.15, 0.2) is 0 Å². The Balaban J connectivity index is 2.32. The monoisotopic (exact) mass is 416 g/mol. The fourth-order valence-corrected chi connectivity index (χ4v) is 3.07. The average molecular weight is 418 g/mol. The lowest BCUT2D eigenvalue weighted by Crippen LogP contribution is -2.18. The van der Waals surface area contributed by atoms with Crippen LogP contribution < -0.4 is 11.1 Å². The molecule has 3 N–H and O–H groups in total. The van der Waals surface area contributed by atoms with Crippen LogP contribution in [0.2, 0.25) is 0 Å². The Labute approximate surface area is 137 Å². The summed E-state index contributed by atoms with van der Waals surface area (Å²) in [5, 5.41) is 6.80. The number of nitrogens with zero attached hydrogens (tertiary/aromatic N) is 2. The Hall–Kier alpha value is -1.25. The minimum Gasteiger partial charge on any atom is -0.389 e. The number of halogens is 2. The molecule has 1 aromatic heterocycles. The third-order valence-corrected chi connectivity index (χ3v) is 3.70. The Morgan fingerprint density at radius 2 is 1.95 bits per heavy atom. The van der Waals surface area contributed by atoms with Gasteiger partial charge in [-0.15, -0.1) is 0 Å². The highest BCUT2D eigenvalue weighted by atomic mass is 79.9. The summed E-state index contributed by atoms with van der Waals surface area (Å²) in [7, 11) is 1.70. The lowest BCUT2D eigenvalue weighted by atomic mass is 10.2. The first kappa shape index (κ1) is 15.1. The number of benzene rings is 1. The predicted octanol–water partition coefficient (Wildman–Crippen LogP) is 2.83. The summed E-state index contributed by atoms with van der Waals surface area (Å²) >= 11 is 11.6. The Morgan fingerprint density at radius 1 is 1.35 bits per heavy atom. The van der Waals surface area contributed by atoms with Gasteiger partial charge >= 0.3 is 0 Å². The molecule has 0 saturated carbocycles. The van der Waals surface area contributed by atoms with Gasteiger partial charge in [-0.3, -0.25) is 9.48 Å². The summed E-state index contributed by atoms with van der Waals surface area (Å²) in [6.07, 6.45) is 1.52. The molecule has 0 unspecified atom stereocenters.